The number of aromatic nitrogens is 2. The molecule has 144 valence electrons. The lowest BCUT2D eigenvalue weighted by Crippen LogP contribution is -2.29. The first-order valence-corrected chi connectivity index (χ1v) is 9.27. The van der Waals surface area contributed by atoms with Crippen LogP contribution < -0.4 is 0 Å². The Hall–Kier alpha value is -3.51. The van der Waals surface area contributed by atoms with Crippen LogP contribution in [0.15, 0.2) is 78.9 Å². The van der Waals surface area contributed by atoms with E-state index in [4.69, 9.17) is 11.6 Å². The fraction of sp³-hybridized carbons (Fsp3) is 0.0909. The number of rotatable bonds is 4. The molecular weight excluding hydrogens is 390 g/mol. The molecule has 0 saturated carbocycles. The Kier molecular flexibility index (Phi) is 5.10. The van der Waals surface area contributed by atoms with Gasteiger partial charge >= 0.3 is 0 Å². The van der Waals surface area contributed by atoms with E-state index in [-0.39, 0.29) is 17.9 Å². The Balaban J connectivity index is 1.85. The summed E-state index contributed by atoms with van der Waals surface area (Å²) in [6, 6.07) is 12.8. The number of likely N-dealkylation sites (tertiary alicyclic amines) is 1. The van der Waals surface area contributed by atoms with Crippen molar-refractivity contribution in [2.45, 2.75) is 12.6 Å². The van der Waals surface area contributed by atoms with Crippen LogP contribution in [0.3, 0.4) is 0 Å². The van der Waals surface area contributed by atoms with Crippen molar-refractivity contribution in [1.82, 2.24) is 14.9 Å². The van der Waals surface area contributed by atoms with Gasteiger partial charge in [-0.1, -0.05) is 23.7 Å². The van der Waals surface area contributed by atoms with E-state index >= 15 is 0 Å². The van der Waals surface area contributed by atoms with E-state index < -0.39 is 17.7 Å². The van der Waals surface area contributed by atoms with Gasteiger partial charge < -0.3 is 10.0 Å². The standard InChI is InChI=1S/C22H16ClN3O3/c23-17-7-5-15(6-8-17)20(27)18-19(16-4-2-10-25-12-16)26(22(29)21(18)28)13-14-3-1-9-24-11-14/h1-12,19,27H,13H2/t19-/m0/s1. The van der Waals surface area contributed by atoms with Gasteiger partial charge in [-0.25, -0.2) is 0 Å². The van der Waals surface area contributed by atoms with Crippen molar-refractivity contribution in [1.29, 1.82) is 0 Å². The van der Waals surface area contributed by atoms with Crippen LogP contribution in [-0.2, 0) is 16.1 Å². The molecule has 1 amide bonds. The number of carbonyl (C=O) groups is 2. The van der Waals surface area contributed by atoms with Crippen LogP contribution in [-0.4, -0.2) is 31.7 Å². The molecule has 3 aromatic rings. The quantitative estimate of drug-likeness (QED) is 0.406. The Morgan fingerprint density at radius 3 is 2.31 bits per heavy atom. The number of nitrogens with zero attached hydrogens (tertiary/aromatic N) is 3. The van der Waals surface area contributed by atoms with Crippen molar-refractivity contribution in [3.8, 4) is 0 Å². The maximum atomic E-state index is 12.9. The number of aliphatic hydroxyl groups excluding tert-OH is 1. The molecule has 0 spiro atoms. The van der Waals surface area contributed by atoms with Gasteiger partial charge in [-0.15, -0.1) is 0 Å². The third-order valence-corrected chi connectivity index (χ3v) is 4.99. The number of halogens is 1. The smallest absolute Gasteiger partial charge is 0.295 e. The zero-order chi connectivity index (χ0) is 20.4. The molecule has 1 fully saturated rings. The number of carbonyl (C=O) groups excluding carboxylic acids is 2. The van der Waals surface area contributed by atoms with E-state index in [0.717, 1.165) is 5.56 Å². The topological polar surface area (TPSA) is 83.4 Å². The SMILES string of the molecule is O=C1C(=O)N(Cc2cccnc2)[C@@H](c2cccnc2)C1=C(O)c1ccc(Cl)cc1. The first-order valence-electron chi connectivity index (χ1n) is 8.89. The first-order chi connectivity index (χ1) is 14.1. The minimum absolute atomic E-state index is 0.0224. The molecule has 1 aromatic carbocycles. The normalized spacial score (nSPS) is 18.2. The Morgan fingerprint density at radius 1 is 1.00 bits per heavy atom. The minimum Gasteiger partial charge on any atom is -0.507 e. The van der Waals surface area contributed by atoms with Gasteiger partial charge in [0.25, 0.3) is 11.7 Å². The maximum absolute atomic E-state index is 12.9. The summed E-state index contributed by atoms with van der Waals surface area (Å²) in [5.41, 5.74) is 1.83. The molecule has 6 nitrogen and oxygen atoms in total. The molecule has 29 heavy (non-hydrogen) atoms. The summed E-state index contributed by atoms with van der Waals surface area (Å²) >= 11 is 5.92. The summed E-state index contributed by atoms with van der Waals surface area (Å²) in [5, 5.41) is 11.4. The molecule has 3 heterocycles. The zero-order valence-corrected chi connectivity index (χ0v) is 16.0. The first kappa shape index (κ1) is 18.8. The van der Waals surface area contributed by atoms with Crippen LogP contribution in [0.1, 0.15) is 22.7 Å². The number of ketones is 1. The van der Waals surface area contributed by atoms with Gasteiger partial charge in [0, 0.05) is 41.9 Å². The highest BCUT2D eigenvalue weighted by molar-refractivity contribution is 6.46. The zero-order valence-electron chi connectivity index (χ0n) is 15.2. The van der Waals surface area contributed by atoms with E-state index in [2.05, 4.69) is 9.97 Å². The average molecular weight is 406 g/mol. The number of aliphatic hydroxyl groups is 1. The van der Waals surface area contributed by atoms with E-state index in [9.17, 15) is 14.7 Å². The highest BCUT2D eigenvalue weighted by Crippen LogP contribution is 2.40. The molecule has 1 N–H and O–H groups in total. The minimum atomic E-state index is -0.764. The molecule has 7 heteroatoms. The Labute approximate surface area is 172 Å². The van der Waals surface area contributed by atoms with Crippen LogP contribution in [0.5, 0.6) is 0 Å². The lowest BCUT2D eigenvalue weighted by molar-refractivity contribution is -0.140. The van der Waals surface area contributed by atoms with Gasteiger partial charge in [0.1, 0.15) is 5.76 Å². The van der Waals surface area contributed by atoms with Gasteiger partial charge in [-0.2, -0.15) is 0 Å². The second kappa shape index (κ2) is 7.85. The van der Waals surface area contributed by atoms with Crippen LogP contribution in [0, 0.1) is 0 Å². The summed E-state index contributed by atoms with van der Waals surface area (Å²) in [6.45, 7) is 0.176. The number of pyridine rings is 2. The Morgan fingerprint density at radius 2 is 1.69 bits per heavy atom. The number of Topliss-reactive ketones (excluding diaryl/α,β-unsaturated/α-hetero) is 1. The number of amides is 1. The molecular formula is C22H16ClN3O3. The predicted molar refractivity (Wildman–Crippen MR) is 108 cm³/mol. The molecule has 0 radical (unpaired) electrons. The van der Waals surface area contributed by atoms with Crippen LogP contribution in [0.2, 0.25) is 5.02 Å². The van der Waals surface area contributed by atoms with Gasteiger partial charge in [-0.05, 0) is 47.5 Å². The lowest BCUT2D eigenvalue weighted by Gasteiger charge is -2.25. The van der Waals surface area contributed by atoms with Crippen molar-refractivity contribution in [2.24, 2.45) is 0 Å². The molecule has 0 bridgehead atoms. The molecule has 0 unspecified atom stereocenters. The summed E-state index contributed by atoms with van der Waals surface area (Å²) in [5.74, 6) is -1.67. The largest absolute Gasteiger partial charge is 0.507 e. The third kappa shape index (κ3) is 3.62. The summed E-state index contributed by atoms with van der Waals surface area (Å²) < 4.78 is 0. The Bertz CT molecular complexity index is 1080. The van der Waals surface area contributed by atoms with E-state index in [1.807, 2.05) is 6.07 Å². The van der Waals surface area contributed by atoms with Crippen molar-refractivity contribution < 1.29 is 14.7 Å². The molecule has 1 aliphatic heterocycles. The van der Waals surface area contributed by atoms with E-state index in [0.29, 0.717) is 16.1 Å². The van der Waals surface area contributed by atoms with Crippen molar-refractivity contribution in [3.05, 3.63) is 101 Å². The van der Waals surface area contributed by atoms with Crippen molar-refractivity contribution in [3.63, 3.8) is 0 Å². The van der Waals surface area contributed by atoms with Crippen molar-refractivity contribution >= 4 is 29.1 Å². The highest BCUT2D eigenvalue weighted by Gasteiger charge is 2.46. The van der Waals surface area contributed by atoms with Gasteiger partial charge in [0.15, 0.2) is 0 Å². The molecule has 1 aliphatic rings. The van der Waals surface area contributed by atoms with Gasteiger partial charge in [-0.3, -0.25) is 19.6 Å². The summed E-state index contributed by atoms with van der Waals surface area (Å²) in [4.78, 5) is 35.4. The summed E-state index contributed by atoms with van der Waals surface area (Å²) in [6.07, 6.45) is 6.47. The molecule has 2 aromatic heterocycles. The fourth-order valence-electron chi connectivity index (χ4n) is 3.38. The lowest BCUT2D eigenvalue weighted by atomic mass is 9.96. The van der Waals surface area contributed by atoms with E-state index in [1.54, 1.807) is 67.3 Å². The molecule has 0 aliphatic carbocycles. The number of benzene rings is 1. The molecule has 1 atom stereocenters. The van der Waals surface area contributed by atoms with E-state index in [1.165, 1.54) is 4.90 Å². The van der Waals surface area contributed by atoms with Crippen LogP contribution >= 0.6 is 11.6 Å². The van der Waals surface area contributed by atoms with Gasteiger partial charge in [0.05, 0.1) is 11.6 Å². The third-order valence-electron chi connectivity index (χ3n) is 4.73. The van der Waals surface area contributed by atoms with Gasteiger partial charge in [0.2, 0.25) is 0 Å². The second-order valence-electron chi connectivity index (χ2n) is 6.58. The van der Waals surface area contributed by atoms with Crippen LogP contribution in [0.4, 0.5) is 0 Å². The maximum Gasteiger partial charge on any atom is 0.295 e. The molecule has 4 rings (SSSR count). The van der Waals surface area contributed by atoms with Crippen LogP contribution in [0.25, 0.3) is 5.76 Å². The molecule has 1 saturated heterocycles. The number of hydrogen-bond donors (Lipinski definition) is 1. The second-order valence-corrected chi connectivity index (χ2v) is 7.02. The highest BCUT2D eigenvalue weighted by atomic mass is 35.5. The number of hydrogen-bond acceptors (Lipinski definition) is 5. The average Bonchev–Trinajstić information content (AvgIpc) is 3.00. The monoisotopic (exact) mass is 405 g/mol. The van der Waals surface area contributed by atoms with Crippen molar-refractivity contribution in [2.75, 3.05) is 0 Å². The fourth-order valence-corrected chi connectivity index (χ4v) is 3.50. The predicted octanol–water partition coefficient (Wildman–Crippen LogP) is 3.75. The summed E-state index contributed by atoms with van der Waals surface area (Å²) in [7, 11) is 0.